The molecule has 1 amide bonds. The van der Waals surface area contributed by atoms with Gasteiger partial charge in [-0.2, -0.15) is 4.98 Å². The van der Waals surface area contributed by atoms with Gasteiger partial charge in [0.05, 0.1) is 4.92 Å². The lowest BCUT2D eigenvalue weighted by atomic mass is 9.85. The van der Waals surface area contributed by atoms with Crippen LogP contribution in [0.3, 0.4) is 0 Å². The number of anilines is 2. The van der Waals surface area contributed by atoms with E-state index in [1.54, 1.807) is 6.07 Å². The molecule has 1 saturated heterocycles. The summed E-state index contributed by atoms with van der Waals surface area (Å²) in [6, 6.07) is 6.34. The molecule has 212 valence electrons. The van der Waals surface area contributed by atoms with Crippen molar-refractivity contribution in [2.45, 2.75) is 64.0 Å². The molecule has 1 atom stereocenters. The van der Waals surface area contributed by atoms with Gasteiger partial charge in [0.1, 0.15) is 11.9 Å². The van der Waals surface area contributed by atoms with Crippen LogP contribution in [0.2, 0.25) is 0 Å². The summed E-state index contributed by atoms with van der Waals surface area (Å²) in [6.45, 7) is 3.79. The first-order chi connectivity index (χ1) is 18.6. The zero-order valence-electron chi connectivity index (χ0n) is 21.5. The maximum atomic E-state index is 12.7. The second-order valence-electron chi connectivity index (χ2n) is 9.93. The van der Waals surface area contributed by atoms with Crippen LogP contribution in [0.5, 0.6) is 5.75 Å². The number of hydrogen-bond acceptors (Lipinski definition) is 9. The highest BCUT2D eigenvalue weighted by molar-refractivity contribution is 5.73. The Morgan fingerprint density at radius 2 is 1.92 bits per heavy atom. The third-order valence-electron chi connectivity index (χ3n) is 7.12. The lowest BCUT2D eigenvalue weighted by Gasteiger charge is -2.34. The lowest BCUT2D eigenvalue weighted by molar-refractivity contribution is -0.384. The molecule has 1 aromatic carbocycles. The number of hydrogen-bond donors (Lipinski definition) is 3. The zero-order valence-corrected chi connectivity index (χ0v) is 21.5. The van der Waals surface area contributed by atoms with Crippen LogP contribution in [0.15, 0.2) is 30.5 Å². The summed E-state index contributed by atoms with van der Waals surface area (Å²) in [5.74, 6) is 0.0444. The van der Waals surface area contributed by atoms with Gasteiger partial charge >= 0.3 is 12.0 Å². The summed E-state index contributed by atoms with van der Waals surface area (Å²) in [6.07, 6.45) is 1.13. The second kappa shape index (κ2) is 12.5. The van der Waals surface area contributed by atoms with Gasteiger partial charge in [0.15, 0.2) is 0 Å². The maximum absolute atomic E-state index is 12.7. The Bertz CT molecular complexity index is 1160. The highest BCUT2D eigenvalue weighted by Crippen LogP contribution is 2.31. The van der Waals surface area contributed by atoms with Crippen LogP contribution >= 0.6 is 0 Å². The Labute approximate surface area is 223 Å². The number of carbonyl (C=O) groups excluding carboxylic acids is 1. The van der Waals surface area contributed by atoms with Crippen molar-refractivity contribution in [3.63, 3.8) is 0 Å². The average molecular weight is 552 g/mol. The topological polar surface area (TPSA) is 135 Å². The van der Waals surface area contributed by atoms with Crippen LogP contribution in [0.1, 0.15) is 44.6 Å². The predicted molar refractivity (Wildman–Crippen MR) is 137 cm³/mol. The van der Waals surface area contributed by atoms with E-state index >= 15 is 0 Å². The van der Waals surface area contributed by atoms with Crippen molar-refractivity contribution in [1.82, 2.24) is 20.2 Å². The Kier molecular flexibility index (Phi) is 9.04. The van der Waals surface area contributed by atoms with Gasteiger partial charge in [0.25, 0.3) is 0 Å². The van der Waals surface area contributed by atoms with E-state index in [-0.39, 0.29) is 47.3 Å². The first-order valence-electron chi connectivity index (χ1n) is 12.9. The van der Waals surface area contributed by atoms with Gasteiger partial charge in [0.2, 0.25) is 17.7 Å². The van der Waals surface area contributed by atoms with Crippen LogP contribution < -0.4 is 20.7 Å². The molecular formula is C25H32F3N7O4. The Morgan fingerprint density at radius 1 is 1.18 bits per heavy atom. The number of nitrogens with one attached hydrogen (secondary N) is 3. The summed E-state index contributed by atoms with van der Waals surface area (Å²) >= 11 is 0. The fourth-order valence-corrected chi connectivity index (χ4v) is 5.25. The van der Waals surface area contributed by atoms with Crippen molar-refractivity contribution in [2.24, 2.45) is 5.92 Å². The number of nitrogens with zero attached hydrogens (tertiary/aromatic N) is 4. The molecule has 2 aliphatic rings. The third-order valence-corrected chi connectivity index (χ3v) is 7.12. The Morgan fingerprint density at radius 3 is 2.62 bits per heavy atom. The number of amides is 1. The van der Waals surface area contributed by atoms with Gasteiger partial charge in [-0.05, 0) is 44.1 Å². The van der Waals surface area contributed by atoms with Gasteiger partial charge in [-0.3, -0.25) is 19.8 Å². The minimum atomic E-state index is -4.83. The number of ether oxygens (including phenoxy) is 1. The SMILES string of the molecule is CC(=O)NC1CCN(C2CCC(CNc3nc(NCc4ccccc4OC(F)(F)F)ncc3[N+](=O)[O-])CC2)C1. The molecule has 2 heterocycles. The average Bonchev–Trinajstić information content (AvgIpc) is 3.34. The number of aromatic nitrogens is 2. The molecule has 14 heteroatoms. The van der Waals surface area contributed by atoms with E-state index in [4.69, 9.17) is 0 Å². The number of benzene rings is 1. The van der Waals surface area contributed by atoms with Crippen LogP contribution in [-0.2, 0) is 11.3 Å². The first-order valence-corrected chi connectivity index (χ1v) is 12.9. The number of halogens is 3. The van der Waals surface area contributed by atoms with Crippen molar-refractivity contribution >= 4 is 23.4 Å². The second-order valence-corrected chi connectivity index (χ2v) is 9.93. The van der Waals surface area contributed by atoms with E-state index in [1.165, 1.54) is 25.1 Å². The first kappa shape index (κ1) is 28.3. The molecule has 2 fully saturated rings. The van der Waals surface area contributed by atoms with Crippen molar-refractivity contribution in [1.29, 1.82) is 0 Å². The molecule has 1 saturated carbocycles. The van der Waals surface area contributed by atoms with Crippen molar-refractivity contribution in [3.05, 3.63) is 46.1 Å². The quantitative estimate of drug-likeness (QED) is 0.295. The molecule has 11 nitrogen and oxygen atoms in total. The van der Waals surface area contributed by atoms with Gasteiger partial charge < -0.3 is 20.7 Å². The van der Waals surface area contributed by atoms with Crippen molar-refractivity contribution < 1.29 is 27.6 Å². The van der Waals surface area contributed by atoms with Crippen LogP contribution in [0.25, 0.3) is 0 Å². The largest absolute Gasteiger partial charge is 0.573 e. The van der Waals surface area contributed by atoms with Gasteiger partial charge in [-0.1, -0.05) is 18.2 Å². The standard InChI is InChI=1S/C25H32F3N7O4/c1-16(36)32-19-10-11-34(15-19)20-8-6-17(7-9-20)12-29-23-21(35(37)38)14-31-24(33-23)30-13-18-4-2-3-5-22(18)39-25(26,27)28/h2-5,14,17,19-20H,6-13,15H2,1H3,(H,32,36)(H2,29,30,31,33). The van der Waals surface area contributed by atoms with E-state index in [2.05, 4.69) is 35.6 Å². The molecule has 1 unspecified atom stereocenters. The van der Waals surface area contributed by atoms with E-state index in [1.807, 2.05) is 0 Å². The van der Waals surface area contributed by atoms with Gasteiger partial charge in [-0.15, -0.1) is 13.2 Å². The summed E-state index contributed by atoms with van der Waals surface area (Å²) < 4.78 is 42.2. The van der Waals surface area contributed by atoms with Crippen LogP contribution in [0.4, 0.5) is 30.6 Å². The normalized spacial score (nSPS) is 21.8. The van der Waals surface area contributed by atoms with Gasteiger partial charge in [0, 0.05) is 50.7 Å². The third kappa shape index (κ3) is 8.15. The smallest absolute Gasteiger partial charge is 0.405 e. The Balaban J connectivity index is 1.31. The highest BCUT2D eigenvalue weighted by atomic mass is 19.4. The fourth-order valence-electron chi connectivity index (χ4n) is 5.25. The molecule has 39 heavy (non-hydrogen) atoms. The molecule has 1 aromatic heterocycles. The number of carbonyl (C=O) groups is 1. The number of nitro groups is 1. The number of alkyl halides is 3. The minimum absolute atomic E-state index is 0.00547. The number of para-hydroxylation sites is 1. The fraction of sp³-hybridized carbons (Fsp3) is 0.560. The monoisotopic (exact) mass is 551 g/mol. The molecule has 0 bridgehead atoms. The Hall–Kier alpha value is -3.68. The highest BCUT2D eigenvalue weighted by Gasteiger charge is 2.33. The van der Waals surface area contributed by atoms with Crippen molar-refractivity contribution in [2.75, 3.05) is 30.3 Å². The summed E-state index contributed by atoms with van der Waals surface area (Å²) in [4.78, 5) is 32.9. The summed E-state index contributed by atoms with van der Waals surface area (Å²) in [5.41, 5.74) is -0.0550. The van der Waals surface area contributed by atoms with Crippen LogP contribution in [-0.4, -0.2) is 63.8 Å². The molecule has 0 radical (unpaired) electrons. The van der Waals surface area contributed by atoms with E-state index in [0.29, 0.717) is 18.5 Å². The van der Waals surface area contributed by atoms with Crippen LogP contribution in [0, 0.1) is 16.0 Å². The van der Waals surface area contributed by atoms with E-state index in [9.17, 15) is 28.1 Å². The summed E-state index contributed by atoms with van der Waals surface area (Å²) in [5, 5.41) is 20.4. The molecule has 4 rings (SSSR count). The van der Waals surface area contributed by atoms with E-state index in [0.717, 1.165) is 51.4 Å². The molecule has 1 aliphatic heterocycles. The molecule has 3 N–H and O–H groups in total. The van der Waals surface area contributed by atoms with E-state index < -0.39 is 11.3 Å². The lowest BCUT2D eigenvalue weighted by Crippen LogP contribution is -2.41. The zero-order chi connectivity index (χ0) is 28.0. The number of likely N-dealkylation sites (tertiary alicyclic amines) is 1. The number of rotatable bonds is 10. The molecule has 1 aliphatic carbocycles. The van der Waals surface area contributed by atoms with Crippen molar-refractivity contribution in [3.8, 4) is 5.75 Å². The van der Waals surface area contributed by atoms with Gasteiger partial charge in [-0.25, -0.2) is 4.98 Å². The molecule has 0 spiro atoms. The summed E-state index contributed by atoms with van der Waals surface area (Å²) in [7, 11) is 0. The maximum Gasteiger partial charge on any atom is 0.573 e. The minimum Gasteiger partial charge on any atom is -0.405 e. The molecular weight excluding hydrogens is 519 g/mol. The predicted octanol–water partition coefficient (Wildman–Crippen LogP) is 4.08. The molecule has 2 aromatic rings.